The number of rotatable bonds is 4. The van der Waals surface area contributed by atoms with Crippen LogP contribution in [-0.4, -0.2) is 45.7 Å². The van der Waals surface area contributed by atoms with Crippen molar-refractivity contribution in [2.45, 2.75) is 27.2 Å². The minimum atomic E-state index is 0.582. The van der Waals surface area contributed by atoms with Gasteiger partial charge >= 0.3 is 0 Å². The van der Waals surface area contributed by atoms with Crippen LogP contribution >= 0.6 is 0 Å². The molecule has 0 spiro atoms. The van der Waals surface area contributed by atoms with E-state index in [0.717, 1.165) is 66.8 Å². The molecule has 6 nitrogen and oxygen atoms in total. The molecule has 4 rings (SSSR count). The number of nitrogens with zero attached hydrogens (tertiary/aromatic N) is 5. The van der Waals surface area contributed by atoms with Gasteiger partial charge in [-0.1, -0.05) is 13.8 Å². The molecule has 1 saturated heterocycles. The van der Waals surface area contributed by atoms with Gasteiger partial charge in [0.05, 0.1) is 24.6 Å². The van der Waals surface area contributed by atoms with E-state index in [1.807, 2.05) is 18.6 Å². The van der Waals surface area contributed by atoms with Crippen molar-refractivity contribution >= 4 is 11.5 Å². The summed E-state index contributed by atoms with van der Waals surface area (Å²) in [5.41, 5.74) is 5.30. The van der Waals surface area contributed by atoms with Gasteiger partial charge in [0.1, 0.15) is 0 Å². The minimum Gasteiger partial charge on any atom is -0.378 e. The summed E-state index contributed by atoms with van der Waals surface area (Å²) in [5, 5.41) is 0. The number of pyridine rings is 1. The molecule has 0 atom stereocenters. The lowest BCUT2D eigenvalue weighted by atomic mass is 10.0. The Morgan fingerprint density at radius 3 is 2.73 bits per heavy atom. The first-order chi connectivity index (χ1) is 12.6. The molecule has 0 aromatic carbocycles. The molecule has 3 aromatic rings. The summed E-state index contributed by atoms with van der Waals surface area (Å²) >= 11 is 0. The van der Waals surface area contributed by atoms with E-state index < -0.39 is 0 Å². The van der Waals surface area contributed by atoms with E-state index in [-0.39, 0.29) is 0 Å². The average molecular weight is 351 g/mol. The number of aromatic nitrogens is 4. The highest BCUT2D eigenvalue weighted by Crippen LogP contribution is 2.29. The monoisotopic (exact) mass is 351 g/mol. The van der Waals surface area contributed by atoms with Gasteiger partial charge in [0.2, 0.25) is 0 Å². The van der Waals surface area contributed by atoms with Crippen LogP contribution in [0.1, 0.15) is 25.2 Å². The third-order valence-electron chi connectivity index (χ3n) is 4.72. The number of fused-ring (bicyclic) bond motifs is 1. The van der Waals surface area contributed by atoms with Crippen LogP contribution in [0.15, 0.2) is 30.7 Å². The predicted octanol–water partition coefficient (Wildman–Crippen LogP) is 3.13. The second-order valence-electron chi connectivity index (χ2n) is 7.22. The van der Waals surface area contributed by atoms with Gasteiger partial charge in [0.15, 0.2) is 11.5 Å². The van der Waals surface area contributed by atoms with Crippen molar-refractivity contribution in [2.75, 3.05) is 31.2 Å². The molecule has 0 unspecified atom stereocenters. The smallest absolute Gasteiger partial charge is 0.181 e. The van der Waals surface area contributed by atoms with Crippen LogP contribution in [0.25, 0.3) is 16.9 Å². The maximum absolute atomic E-state index is 5.47. The zero-order chi connectivity index (χ0) is 18.1. The predicted molar refractivity (Wildman–Crippen MR) is 103 cm³/mol. The van der Waals surface area contributed by atoms with E-state index in [9.17, 15) is 0 Å². The second kappa shape index (κ2) is 7.03. The molecular formula is C20H25N5O. The highest BCUT2D eigenvalue weighted by Gasteiger charge is 2.20. The fourth-order valence-electron chi connectivity index (χ4n) is 3.58. The fourth-order valence-corrected chi connectivity index (χ4v) is 3.58. The fraction of sp³-hybridized carbons (Fsp3) is 0.450. The van der Waals surface area contributed by atoms with E-state index in [1.54, 1.807) is 0 Å². The van der Waals surface area contributed by atoms with Crippen molar-refractivity contribution in [1.29, 1.82) is 0 Å². The van der Waals surface area contributed by atoms with Crippen LogP contribution in [0.3, 0.4) is 0 Å². The van der Waals surface area contributed by atoms with Crippen molar-refractivity contribution in [3.05, 3.63) is 42.1 Å². The molecule has 6 heteroatoms. The number of hydrogen-bond acceptors (Lipinski definition) is 5. The van der Waals surface area contributed by atoms with Gasteiger partial charge < -0.3 is 9.64 Å². The standard InChI is InChI=1S/C20H25N5O/c1-14(2)12-17-13-16(4-5-21-17)18-15(3)23-20-19(22-6-7-25(18)20)24-8-10-26-11-9-24/h4-7,13-14H,8-12H2,1-3H3. The van der Waals surface area contributed by atoms with Gasteiger partial charge in [0, 0.05) is 42.9 Å². The lowest BCUT2D eigenvalue weighted by molar-refractivity contribution is 0.122. The van der Waals surface area contributed by atoms with Crippen molar-refractivity contribution in [3.63, 3.8) is 0 Å². The molecule has 1 aliphatic heterocycles. The molecule has 1 aliphatic rings. The van der Waals surface area contributed by atoms with Gasteiger partial charge in [-0.15, -0.1) is 0 Å². The second-order valence-corrected chi connectivity index (χ2v) is 7.22. The van der Waals surface area contributed by atoms with Crippen LogP contribution in [0.2, 0.25) is 0 Å². The van der Waals surface area contributed by atoms with Gasteiger partial charge in [0.25, 0.3) is 0 Å². The van der Waals surface area contributed by atoms with E-state index in [1.165, 1.54) is 0 Å². The molecule has 4 heterocycles. The summed E-state index contributed by atoms with van der Waals surface area (Å²) in [4.78, 5) is 16.2. The van der Waals surface area contributed by atoms with Crippen molar-refractivity contribution < 1.29 is 4.74 Å². The molecule has 0 bridgehead atoms. The van der Waals surface area contributed by atoms with Crippen LogP contribution in [-0.2, 0) is 11.2 Å². The van der Waals surface area contributed by atoms with E-state index in [2.05, 4.69) is 52.2 Å². The zero-order valence-electron chi connectivity index (χ0n) is 15.6. The first-order valence-corrected chi connectivity index (χ1v) is 9.25. The number of hydrogen-bond donors (Lipinski definition) is 0. The molecule has 0 aliphatic carbocycles. The third kappa shape index (κ3) is 3.17. The van der Waals surface area contributed by atoms with Crippen molar-refractivity contribution in [2.24, 2.45) is 5.92 Å². The minimum absolute atomic E-state index is 0.582. The number of morpholine rings is 1. The lowest BCUT2D eigenvalue weighted by Crippen LogP contribution is -2.37. The SMILES string of the molecule is Cc1nc2c(N3CCOCC3)nccn2c1-c1ccnc(CC(C)C)c1. The highest BCUT2D eigenvalue weighted by molar-refractivity contribution is 5.73. The van der Waals surface area contributed by atoms with Gasteiger partial charge in [-0.25, -0.2) is 9.97 Å². The molecule has 0 radical (unpaired) electrons. The van der Waals surface area contributed by atoms with Crippen LogP contribution < -0.4 is 4.90 Å². The Morgan fingerprint density at radius 2 is 1.96 bits per heavy atom. The molecule has 136 valence electrons. The summed E-state index contributed by atoms with van der Waals surface area (Å²) < 4.78 is 7.63. The summed E-state index contributed by atoms with van der Waals surface area (Å²) in [5.74, 6) is 1.51. The molecular weight excluding hydrogens is 326 g/mol. The maximum Gasteiger partial charge on any atom is 0.181 e. The molecule has 0 N–H and O–H groups in total. The number of aryl methyl sites for hydroxylation is 1. The Labute approximate surface area is 153 Å². The van der Waals surface area contributed by atoms with Crippen molar-refractivity contribution in [1.82, 2.24) is 19.4 Å². The Balaban J connectivity index is 1.80. The lowest BCUT2D eigenvalue weighted by Gasteiger charge is -2.27. The number of ether oxygens (including phenoxy) is 1. The normalized spacial score (nSPS) is 15.2. The molecule has 0 amide bonds. The molecule has 26 heavy (non-hydrogen) atoms. The summed E-state index contributed by atoms with van der Waals surface area (Å²) in [7, 11) is 0. The third-order valence-corrected chi connectivity index (χ3v) is 4.72. The Kier molecular flexibility index (Phi) is 4.59. The van der Waals surface area contributed by atoms with Crippen LogP contribution in [0.5, 0.6) is 0 Å². The van der Waals surface area contributed by atoms with E-state index >= 15 is 0 Å². The van der Waals surface area contributed by atoms with Crippen molar-refractivity contribution in [3.8, 4) is 11.3 Å². The van der Waals surface area contributed by atoms with Gasteiger partial charge in [-0.2, -0.15) is 0 Å². The topological polar surface area (TPSA) is 55.5 Å². The average Bonchev–Trinajstić information content (AvgIpc) is 2.98. The Hall–Kier alpha value is -2.47. The van der Waals surface area contributed by atoms with Crippen LogP contribution in [0.4, 0.5) is 5.82 Å². The Morgan fingerprint density at radius 1 is 1.15 bits per heavy atom. The van der Waals surface area contributed by atoms with Gasteiger partial charge in [-0.3, -0.25) is 9.38 Å². The number of imidazole rings is 1. The summed E-state index contributed by atoms with van der Waals surface area (Å²) in [6.07, 6.45) is 6.73. The van der Waals surface area contributed by atoms with E-state index in [0.29, 0.717) is 5.92 Å². The largest absolute Gasteiger partial charge is 0.378 e. The Bertz CT molecular complexity index is 912. The molecule has 0 saturated carbocycles. The van der Waals surface area contributed by atoms with Crippen LogP contribution in [0, 0.1) is 12.8 Å². The van der Waals surface area contributed by atoms with E-state index in [4.69, 9.17) is 9.72 Å². The first kappa shape index (κ1) is 17.0. The maximum atomic E-state index is 5.47. The first-order valence-electron chi connectivity index (χ1n) is 9.25. The molecule has 1 fully saturated rings. The summed E-state index contributed by atoms with van der Waals surface area (Å²) in [6.45, 7) is 9.66. The quantitative estimate of drug-likeness (QED) is 0.723. The number of anilines is 1. The summed E-state index contributed by atoms with van der Waals surface area (Å²) in [6, 6.07) is 4.25. The zero-order valence-corrected chi connectivity index (χ0v) is 15.6. The molecule has 3 aromatic heterocycles. The highest BCUT2D eigenvalue weighted by atomic mass is 16.5. The van der Waals surface area contributed by atoms with Gasteiger partial charge in [-0.05, 0) is 31.4 Å².